The van der Waals surface area contributed by atoms with Crippen LogP contribution in [0.2, 0.25) is 0 Å². The molecule has 118 valence electrons. The van der Waals surface area contributed by atoms with Crippen LogP contribution in [0.3, 0.4) is 0 Å². The molecule has 0 saturated heterocycles. The van der Waals surface area contributed by atoms with E-state index in [1.54, 1.807) is 6.92 Å². The second kappa shape index (κ2) is 10.4. The molecule has 2 amide bonds. The lowest BCUT2D eigenvalue weighted by Crippen LogP contribution is -2.49. The van der Waals surface area contributed by atoms with Crippen LogP contribution in [-0.2, 0) is 9.53 Å². The van der Waals surface area contributed by atoms with Gasteiger partial charge < -0.3 is 25.4 Å². The molecule has 0 radical (unpaired) electrons. The summed E-state index contributed by atoms with van der Waals surface area (Å²) in [5, 5.41) is 14.1. The lowest BCUT2D eigenvalue weighted by molar-refractivity contribution is -0.140. The largest absolute Gasteiger partial charge is 0.480 e. The minimum absolute atomic E-state index is 0.116. The van der Waals surface area contributed by atoms with Gasteiger partial charge in [0.2, 0.25) is 0 Å². The number of carbonyl (C=O) groups is 2. The number of aliphatic carboxylic acids is 1. The van der Waals surface area contributed by atoms with E-state index in [4.69, 9.17) is 9.84 Å². The normalized spacial score (nSPS) is 13.8. The molecular weight excluding hydrogens is 262 g/mol. The monoisotopic (exact) mass is 289 g/mol. The van der Waals surface area contributed by atoms with E-state index < -0.39 is 18.0 Å². The number of nitrogens with zero attached hydrogens (tertiary/aromatic N) is 1. The van der Waals surface area contributed by atoms with E-state index in [-0.39, 0.29) is 5.92 Å². The number of hydrogen-bond acceptors (Lipinski definition) is 4. The van der Waals surface area contributed by atoms with Gasteiger partial charge in [0, 0.05) is 13.1 Å². The van der Waals surface area contributed by atoms with Crippen molar-refractivity contribution in [2.75, 3.05) is 40.4 Å². The van der Waals surface area contributed by atoms with Gasteiger partial charge in [0.15, 0.2) is 0 Å². The molecule has 1 unspecified atom stereocenters. The molecule has 0 heterocycles. The van der Waals surface area contributed by atoms with Gasteiger partial charge >= 0.3 is 12.0 Å². The highest BCUT2D eigenvalue weighted by atomic mass is 16.5. The van der Waals surface area contributed by atoms with Crippen molar-refractivity contribution in [3.63, 3.8) is 0 Å². The Morgan fingerprint density at radius 2 is 1.95 bits per heavy atom. The summed E-state index contributed by atoms with van der Waals surface area (Å²) in [6.07, 6.45) is 0.685. The zero-order chi connectivity index (χ0) is 15.5. The molecule has 0 aliphatic carbocycles. The molecule has 0 rings (SSSR count). The van der Waals surface area contributed by atoms with Gasteiger partial charge in [-0.2, -0.15) is 0 Å². The number of urea groups is 1. The summed E-state index contributed by atoms with van der Waals surface area (Å²) in [4.78, 5) is 24.6. The van der Waals surface area contributed by atoms with E-state index >= 15 is 0 Å². The first kappa shape index (κ1) is 18.7. The quantitative estimate of drug-likeness (QED) is 0.505. The maximum atomic E-state index is 11.6. The van der Waals surface area contributed by atoms with Crippen LogP contribution in [-0.4, -0.2) is 68.4 Å². The van der Waals surface area contributed by atoms with Gasteiger partial charge in [-0.3, -0.25) is 0 Å². The van der Waals surface area contributed by atoms with Crippen molar-refractivity contribution < 1.29 is 19.4 Å². The predicted molar refractivity (Wildman–Crippen MR) is 76.8 cm³/mol. The number of amides is 2. The van der Waals surface area contributed by atoms with Gasteiger partial charge in [-0.15, -0.1) is 0 Å². The zero-order valence-electron chi connectivity index (χ0n) is 12.8. The van der Waals surface area contributed by atoms with E-state index in [0.29, 0.717) is 26.2 Å². The molecular formula is C13H27N3O4. The summed E-state index contributed by atoms with van der Waals surface area (Å²) in [6, 6.07) is -1.34. The Bertz CT molecular complexity index is 297. The molecule has 3 N–H and O–H groups in total. The summed E-state index contributed by atoms with van der Waals surface area (Å²) < 4.78 is 5.32. The van der Waals surface area contributed by atoms with Crippen molar-refractivity contribution in [3.05, 3.63) is 0 Å². The third-order valence-electron chi connectivity index (χ3n) is 2.98. The van der Waals surface area contributed by atoms with Crippen LogP contribution < -0.4 is 10.6 Å². The molecule has 0 aromatic carbocycles. The number of nitrogens with one attached hydrogen (secondary N) is 2. The van der Waals surface area contributed by atoms with Crippen molar-refractivity contribution in [1.29, 1.82) is 0 Å². The lowest BCUT2D eigenvalue weighted by Gasteiger charge is -2.20. The Morgan fingerprint density at radius 1 is 1.30 bits per heavy atom. The van der Waals surface area contributed by atoms with E-state index in [1.807, 2.05) is 25.9 Å². The van der Waals surface area contributed by atoms with Crippen molar-refractivity contribution >= 4 is 12.0 Å². The molecule has 7 heteroatoms. The average Bonchev–Trinajstić information content (AvgIpc) is 2.38. The molecule has 0 aliphatic heterocycles. The summed E-state index contributed by atoms with van der Waals surface area (Å²) in [5.41, 5.74) is 0. The number of carboxylic acid groups (broad SMARTS) is 1. The topological polar surface area (TPSA) is 90.9 Å². The molecule has 0 fully saturated rings. The number of carboxylic acids is 1. The summed E-state index contributed by atoms with van der Waals surface area (Å²) in [6.45, 7) is 5.86. The fourth-order valence-corrected chi connectivity index (χ4v) is 1.46. The third-order valence-corrected chi connectivity index (χ3v) is 2.98. The Kier molecular flexibility index (Phi) is 9.75. The van der Waals surface area contributed by atoms with Crippen LogP contribution in [0.25, 0.3) is 0 Å². The number of rotatable bonds is 10. The Balaban J connectivity index is 3.83. The van der Waals surface area contributed by atoms with Gasteiger partial charge in [0.05, 0.1) is 13.2 Å². The first-order valence-electron chi connectivity index (χ1n) is 6.88. The highest BCUT2D eigenvalue weighted by molar-refractivity contribution is 5.82. The van der Waals surface area contributed by atoms with Gasteiger partial charge in [-0.1, -0.05) is 20.3 Å². The third kappa shape index (κ3) is 8.71. The van der Waals surface area contributed by atoms with Crippen molar-refractivity contribution in [3.8, 4) is 0 Å². The minimum atomic E-state index is -1.02. The van der Waals surface area contributed by atoms with Crippen LogP contribution in [0, 0.1) is 5.92 Å². The highest BCUT2D eigenvalue weighted by Gasteiger charge is 2.24. The SMILES string of the molecule is CCC(C)[C@H](NC(=O)NCCOCCN(C)C)C(=O)O. The standard InChI is InChI=1S/C13H27N3O4/c1-5-10(2)11(12(17)18)15-13(19)14-6-8-20-9-7-16(3)4/h10-11H,5-9H2,1-4H3,(H,17,18)(H2,14,15,19)/t10?,11-/m0/s1. The average molecular weight is 289 g/mol. The van der Waals surface area contributed by atoms with Crippen LogP contribution in [0.4, 0.5) is 4.79 Å². The summed E-state index contributed by atoms with van der Waals surface area (Å²) in [7, 11) is 3.91. The van der Waals surface area contributed by atoms with Crippen LogP contribution >= 0.6 is 0 Å². The molecule has 7 nitrogen and oxygen atoms in total. The fraction of sp³-hybridized carbons (Fsp3) is 0.846. The molecule has 0 bridgehead atoms. The smallest absolute Gasteiger partial charge is 0.326 e. The summed E-state index contributed by atoms with van der Waals surface area (Å²) in [5.74, 6) is -1.13. The Morgan fingerprint density at radius 3 is 2.45 bits per heavy atom. The molecule has 0 aromatic heterocycles. The fourth-order valence-electron chi connectivity index (χ4n) is 1.46. The molecule has 0 saturated carbocycles. The van der Waals surface area contributed by atoms with E-state index in [0.717, 1.165) is 6.54 Å². The van der Waals surface area contributed by atoms with Gasteiger partial charge in [0.25, 0.3) is 0 Å². The maximum Gasteiger partial charge on any atom is 0.326 e. The van der Waals surface area contributed by atoms with Crippen LogP contribution in [0.15, 0.2) is 0 Å². The second-order valence-electron chi connectivity index (χ2n) is 5.02. The lowest BCUT2D eigenvalue weighted by atomic mass is 9.99. The van der Waals surface area contributed by atoms with E-state index in [1.165, 1.54) is 0 Å². The number of carbonyl (C=O) groups excluding carboxylic acids is 1. The predicted octanol–water partition coefficient (Wildman–Crippen LogP) is 0.363. The molecule has 0 spiro atoms. The first-order valence-corrected chi connectivity index (χ1v) is 6.88. The molecule has 0 aliphatic rings. The molecule has 2 atom stereocenters. The van der Waals surface area contributed by atoms with Crippen molar-refractivity contribution in [1.82, 2.24) is 15.5 Å². The van der Waals surface area contributed by atoms with Crippen molar-refractivity contribution in [2.24, 2.45) is 5.92 Å². The number of ether oxygens (including phenoxy) is 1. The zero-order valence-corrected chi connectivity index (χ0v) is 12.8. The minimum Gasteiger partial charge on any atom is -0.480 e. The molecule has 0 aromatic rings. The van der Waals surface area contributed by atoms with Crippen LogP contribution in [0.1, 0.15) is 20.3 Å². The van der Waals surface area contributed by atoms with Crippen molar-refractivity contribution in [2.45, 2.75) is 26.3 Å². The van der Waals surface area contributed by atoms with E-state index in [9.17, 15) is 9.59 Å². The van der Waals surface area contributed by atoms with Gasteiger partial charge in [-0.25, -0.2) is 9.59 Å². The Labute approximate surface area is 120 Å². The summed E-state index contributed by atoms with van der Waals surface area (Å²) >= 11 is 0. The number of hydrogen-bond donors (Lipinski definition) is 3. The van der Waals surface area contributed by atoms with E-state index in [2.05, 4.69) is 10.6 Å². The first-order chi connectivity index (χ1) is 9.38. The van der Waals surface area contributed by atoms with Crippen LogP contribution in [0.5, 0.6) is 0 Å². The maximum absolute atomic E-state index is 11.6. The second-order valence-corrected chi connectivity index (χ2v) is 5.02. The Hall–Kier alpha value is -1.34. The number of likely N-dealkylation sites (N-methyl/N-ethyl adjacent to an activating group) is 1. The van der Waals surface area contributed by atoms with Gasteiger partial charge in [0.1, 0.15) is 6.04 Å². The van der Waals surface area contributed by atoms with Gasteiger partial charge in [-0.05, 0) is 20.0 Å². The molecule has 20 heavy (non-hydrogen) atoms. The highest BCUT2D eigenvalue weighted by Crippen LogP contribution is 2.07.